The number of methoxy groups -OCH3 is 2. The molecule has 0 aromatic heterocycles. The topological polar surface area (TPSA) is 48.0 Å². The number of rotatable bonds is 3. The maximum Gasteiger partial charge on any atom is 0.252 e. The number of hydrogen-bond acceptors (Lipinski definition) is 4. The first-order chi connectivity index (χ1) is 10.7. The maximum absolute atomic E-state index is 12.6. The third kappa shape index (κ3) is 2.90. The first-order valence-electron chi connectivity index (χ1n) is 7.87. The van der Waals surface area contributed by atoms with E-state index in [1.807, 2.05) is 17.0 Å². The highest BCUT2D eigenvalue weighted by atomic mass is 16.5. The second kappa shape index (κ2) is 6.57. The third-order valence-corrected chi connectivity index (χ3v) is 4.48. The number of fused-ring (bicyclic) bond motifs is 1. The van der Waals surface area contributed by atoms with Gasteiger partial charge in [-0.25, -0.2) is 0 Å². The Balaban J connectivity index is 1.76. The second-order valence-corrected chi connectivity index (χ2v) is 5.84. The van der Waals surface area contributed by atoms with E-state index in [4.69, 9.17) is 14.2 Å². The molecule has 1 atom stereocenters. The minimum absolute atomic E-state index is 0.125. The van der Waals surface area contributed by atoms with Gasteiger partial charge in [-0.15, -0.1) is 0 Å². The molecular formula is C17H23NO4. The molecule has 0 N–H and O–H groups in total. The summed E-state index contributed by atoms with van der Waals surface area (Å²) >= 11 is 0. The molecule has 120 valence electrons. The zero-order valence-electron chi connectivity index (χ0n) is 13.3. The molecule has 3 rings (SSSR count). The number of hydrogen-bond donors (Lipinski definition) is 0. The lowest BCUT2D eigenvalue weighted by molar-refractivity contribution is -0.147. The highest BCUT2D eigenvalue weighted by Gasteiger charge is 2.29. The van der Waals surface area contributed by atoms with Gasteiger partial charge >= 0.3 is 0 Å². The molecule has 5 heteroatoms. The van der Waals surface area contributed by atoms with Gasteiger partial charge in [0.25, 0.3) is 5.91 Å². The summed E-state index contributed by atoms with van der Waals surface area (Å²) in [4.78, 5) is 14.5. The summed E-state index contributed by atoms with van der Waals surface area (Å²) in [6.45, 7) is 2.06. The van der Waals surface area contributed by atoms with Crippen LogP contribution in [0.4, 0.5) is 0 Å². The third-order valence-electron chi connectivity index (χ3n) is 4.48. The number of nitrogens with zero attached hydrogens (tertiary/aromatic N) is 1. The maximum atomic E-state index is 12.6. The van der Waals surface area contributed by atoms with Crippen molar-refractivity contribution in [3.05, 3.63) is 23.3 Å². The van der Waals surface area contributed by atoms with E-state index in [2.05, 4.69) is 0 Å². The van der Waals surface area contributed by atoms with Gasteiger partial charge < -0.3 is 19.1 Å². The van der Waals surface area contributed by atoms with Crippen LogP contribution in [-0.2, 0) is 22.5 Å². The zero-order chi connectivity index (χ0) is 15.5. The molecular weight excluding hydrogens is 282 g/mol. The van der Waals surface area contributed by atoms with Gasteiger partial charge in [0.2, 0.25) is 0 Å². The molecule has 2 heterocycles. The number of ether oxygens (including phenoxy) is 3. The Hall–Kier alpha value is -1.75. The smallest absolute Gasteiger partial charge is 0.252 e. The number of benzene rings is 1. The molecule has 2 aliphatic rings. The van der Waals surface area contributed by atoms with Gasteiger partial charge in [-0.05, 0) is 48.9 Å². The first kappa shape index (κ1) is 15.2. The SMILES string of the molecule is COc1cc2c(cc1OC)CN(C(=O)C1CCCCO1)CC2. The van der Waals surface area contributed by atoms with Crippen LogP contribution >= 0.6 is 0 Å². The molecule has 22 heavy (non-hydrogen) atoms. The summed E-state index contributed by atoms with van der Waals surface area (Å²) in [7, 11) is 3.27. The van der Waals surface area contributed by atoms with E-state index in [-0.39, 0.29) is 12.0 Å². The van der Waals surface area contributed by atoms with E-state index in [0.717, 1.165) is 43.5 Å². The lowest BCUT2D eigenvalue weighted by Crippen LogP contribution is -2.44. The summed E-state index contributed by atoms with van der Waals surface area (Å²) in [5, 5.41) is 0. The average molecular weight is 305 g/mol. The highest BCUT2D eigenvalue weighted by molar-refractivity contribution is 5.81. The van der Waals surface area contributed by atoms with Crippen molar-refractivity contribution >= 4 is 5.91 Å². The Kier molecular flexibility index (Phi) is 4.52. The van der Waals surface area contributed by atoms with Crippen LogP contribution in [0.15, 0.2) is 12.1 Å². The van der Waals surface area contributed by atoms with Crippen LogP contribution in [0.2, 0.25) is 0 Å². The molecule has 5 nitrogen and oxygen atoms in total. The Morgan fingerprint density at radius 3 is 2.55 bits per heavy atom. The van der Waals surface area contributed by atoms with Crippen molar-refractivity contribution in [1.82, 2.24) is 4.90 Å². The van der Waals surface area contributed by atoms with Crippen molar-refractivity contribution < 1.29 is 19.0 Å². The van der Waals surface area contributed by atoms with Crippen LogP contribution in [0.5, 0.6) is 11.5 Å². The van der Waals surface area contributed by atoms with E-state index < -0.39 is 0 Å². The Morgan fingerprint density at radius 1 is 1.18 bits per heavy atom. The minimum atomic E-state index is -0.254. The summed E-state index contributed by atoms with van der Waals surface area (Å²) in [5.74, 6) is 1.58. The van der Waals surface area contributed by atoms with Crippen molar-refractivity contribution in [3.63, 3.8) is 0 Å². The molecule has 0 radical (unpaired) electrons. The zero-order valence-corrected chi connectivity index (χ0v) is 13.3. The molecule has 0 bridgehead atoms. The fourth-order valence-corrected chi connectivity index (χ4v) is 3.21. The van der Waals surface area contributed by atoms with Gasteiger partial charge in [-0.3, -0.25) is 4.79 Å². The van der Waals surface area contributed by atoms with Crippen molar-refractivity contribution in [2.24, 2.45) is 0 Å². The molecule has 1 unspecified atom stereocenters. The first-order valence-corrected chi connectivity index (χ1v) is 7.87. The standard InChI is InChI=1S/C17H23NO4/c1-20-15-9-12-6-7-18(11-13(12)10-16(15)21-2)17(19)14-5-3-4-8-22-14/h9-10,14H,3-8,11H2,1-2H3. The molecule has 0 aliphatic carbocycles. The highest BCUT2D eigenvalue weighted by Crippen LogP contribution is 2.33. The van der Waals surface area contributed by atoms with Crippen LogP contribution in [0.25, 0.3) is 0 Å². The van der Waals surface area contributed by atoms with Gasteiger partial charge in [0.15, 0.2) is 11.5 Å². The monoisotopic (exact) mass is 305 g/mol. The fraction of sp³-hybridized carbons (Fsp3) is 0.588. The predicted octanol–water partition coefficient (Wildman–Crippen LogP) is 2.16. The predicted molar refractivity (Wildman–Crippen MR) is 82.3 cm³/mol. The van der Waals surface area contributed by atoms with Crippen LogP contribution in [0.3, 0.4) is 0 Å². The largest absolute Gasteiger partial charge is 0.493 e. The molecule has 1 aromatic carbocycles. The molecule has 1 amide bonds. The summed E-state index contributed by atoms with van der Waals surface area (Å²) in [5.41, 5.74) is 2.36. The molecule has 2 aliphatic heterocycles. The quantitative estimate of drug-likeness (QED) is 0.858. The Bertz CT molecular complexity index is 552. The van der Waals surface area contributed by atoms with E-state index in [0.29, 0.717) is 18.9 Å². The van der Waals surface area contributed by atoms with Crippen LogP contribution in [-0.4, -0.2) is 44.3 Å². The molecule has 0 saturated carbocycles. The molecule has 0 spiro atoms. The second-order valence-electron chi connectivity index (χ2n) is 5.84. The van der Waals surface area contributed by atoms with Gasteiger partial charge in [0.1, 0.15) is 6.10 Å². The van der Waals surface area contributed by atoms with Crippen LogP contribution < -0.4 is 9.47 Å². The summed E-state index contributed by atoms with van der Waals surface area (Å²) < 4.78 is 16.3. The van der Waals surface area contributed by atoms with Gasteiger partial charge in [0, 0.05) is 19.7 Å². The number of amides is 1. The van der Waals surface area contributed by atoms with Crippen molar-refractivity contribution in [2.75, 3.05) is 27.4 Å². The average Bonchev–Trinajstić information content (AvgIpc) is 2.60. The van der Waals surface area contributed by atoms with Gasteiger partial charge in [0.05, 0.1) is 14.2 Å². The van der Waals surface area contributed by atoms with E-state index in [9.17, 15) is 4.79 Å². The van der Waals surface area contributed by atoms with E-state index >= 15 is 0 Å². The number of carbonyl (C=O) groups excluding carboxylic acids is 1. The fourth-order valence-electron chi connectivity index (χ4n) is 3.21. The van der Waals surface area contributed by atoms with Crippen LogP contribution in [0.1, 0.15) is 30.4 Å². The lowest BCUT2D eigenvalue weighted by atomic mass is 9.97. The van der Waals surface area contributed by atoms with Crippen LogP contribution in [0, 0.1) is 0 Å². The molecule has 1 aromatic rings. The summed E-state index contributed by atoms with van der Waals surface area (Å²) in [6, 6.07) is 4.00. The van der Waals surface area contributed by atoms with Crippen molar-refractivity contribution in [2.45, 2.75) is 38.3 Å². The normalized spacial score (nSPS) is 21.2. The van der Waals surface area contributed by atoms with Gasteiger partial charge in [-0.2, -0.15) is 0 Å². The van der Waals surface area contributed by atoms with E-state index in [1.165, 1.54) is 5.56 Å². The van der Waals surface area contributed by atoms with Crippen molar-refractivity contribution in [1.29, 1.82) is 0 Å². The number of carbonyl (C=O) groups is 1. The molecule has 1 saturated heterocycles. The molecule has 1 fully saturated rings. The van der Waals surface area contributed by atoms with E-state index in [1.54, 1.807) is 14.2 Å². The van der Waals surface area contributed by atoms with Crippen molar-refractivity contribution in [3.8, 4) is 11.5 Å². The Labute approximate surface area is 131 Å². The van der Waals surface area contributed by atoms with Gasteiger partial charge in [-0.1, -0.05) is 0 Å². The summed E-state index contributed by atoms with van der Waals surface area (Å²) in [6.07, 6.45) is 3.56. The minimum Gasteiger partial charge on any atom is -0.493 e. The Morgan fingerprint density at radius 2 is 1.91 bits per heavy atom. The lowest BCUT2D eigenvalue weighted by Gasteiger charge is -2.33.